The Morgan fingerprint density at radius 2 is 2.00 bits per heavy atom. The SMILES string of the molecule is CC[C@]1(CO)O[C@@H](n2ccc(=O)[nH]c2=O)[C@H](O[Si](C)(C)C(C)(C)C)[C@@H]1C. The maximum absolute atomic E-state index is 12.4. The summed E-state index contributed by atoms with van der Waals surface area (Å²) in [5.74, 6) is -0.115. The van der Waals surface area contributed by atoms with E-state index in [4.69, 9.17) is 9.16 Å². The highest BCUT2D eigenvalue weighted by Gasteiger charge is 2.55. The molecular formula is C18H32N2O5Si. The van der Waals surface area contributed by atoms with Crippen LogP contribution in [0.15, 0.2) is 21.9 Å². The minimum absolute atomic E-state index is 0.0100. The standard InChI is InChI=1S/C18H32N2O5Si/c1-8-18(11-21)12(2)14(25-26(6,7)17(3,4)5)15(24-18)20-10-9-13(22)19-16(20)23/h9-10,12,14-15,21H,8,11H2,1-7H3,(H,19,22,23)/t12-,14+,15+,18+/m0/s1. The molecule has 1 aromatic rings. The van der Waals surface area contributed by atoms with Crippen molar-refractivity contribution in [3.05, 3.63) is 33.1 Å². The third-order valence-electron chi connectivity index (χ3n) is 6.19. The topological polar surface area (TPSA) is 93.5 Å². The number of H-pyrrole nitrogens is 1. The van der Waals surface area contributed by atoms with Crippen LogP contribution in [0.2, 0.25) is 18.1 Å². The van der Waals surface area contributed by atoms with Gasteiger partial charge in [0.05, 0.1) is 18.3 Å². The average Bonchev–Trinajstić information content (AvgIpc) is 2.79. The van der Waals surface area contributed by atoms with Gasteiger partial charge in [-0.1, -0.05) is 34.6 Å². The third kappa shape index (κ3) is 3.60. The Morgan fingerprint density at radius 3 is 2.46 bits per heavy atom. The zero-order valence-electron chi connectivity index (χ0n) is 16.8. The first kappa shape index (κ1) is 21.1. The van der Waals surface area contributed by atoms with Gasteiger partial charge in [-0.05, 0) is 24.6 Å². The summed E-state index contributed by atoms with van der Waals surface area (Å²) < 4.78 is 14.2. The maximum atomic E-state index is 12.4. The van der Waals surface area contributed by atoms with Crippen molar-refractivity contribution in [2.24, 2.45) is 5.92 Å². The van der Waals surface area contributed by atoms with E-state index in [1.165, 1.54) is 16.8 Å². The second-order valence-corrected chi connectivity index (χ2v) is 13.5. The highest BCUT2D eigenvalue weighted by atomic mass is 28.4. The van der Waals surface area contributed by atoms with Crippen molar-refractivity contribution < 1.29 is 14.3 Å². The molecule has 7 nitrogen and oxygen atoms in total. The van der Waals surface area contributed by atoms with Crippen molar-refractivity contribution in [1.29, 1.82) is 0 Å². The second kappa shape index (κ2) is 7.07. The van der Waals surface area contributed by atoms with Gasteiger partial charge in [0.25, 0.3) is 5.56 Å². The average molecular weight is 385 g/mol. The monoisotopic (exact) mass is 384 g/mol. The van der Waals surface area contributed by atoms with E-state index >= 15 is 0 Å². The van der Waals surface area contributed by atoms with Gasteiger partial charge in [0.1, 0.15) is 0 Å². The van der Waals surface area contributed by atoms with E-state index in [0.717, 1.165) is 0 Å². The van der Waals surface area contributed by atoms with Crippen LogP contribution in [0.4, 0.5) is 0 Å². The van der Waals surface area contributed by atoms with Crippen molar-refractivity contribution >= 4 is 8.32 Å². The fourth-order valence-corrected chi connectivity index (χ4v) is 4.53. The van der Waals surface area contributed by atoms with E-state index in [1.54, 1.807) is 0 Å². The predicted molar refractivity (Wildman–Crippen MR) is 103 cm³/mol. The molecule has 2 N–H and O–H groups in total. The van der Waals surface area contributed by atoms with Gasteiger partial charge in [0, 0.05) is 18.2 Å². The molecular weight excluding hydrogens is 352 g/mol. The summed E-state index contributed by atoms with van der Waals surface area (Å²) in [6.07, 6.45) is 0.933. The quantitative estimate of drug-likeness (QED) is 0.759. The van der Waals surface area contributed by atoms with Crippen LogP contribution in [0.5, 0.6) is 0 Å². The van der Waals surface area contributed by atoms with Crippen molar-refractivity contribution in [3.63, 3.8) is 0 Å². The number of aliphatic hydroxyl groups excluding tert-OH is 1. The smallest absolute Gasteiger partial charge is 0.330 e. The molecule has 1 aliphatic heterocycles. The summed E-state index contributed by atoms with van der Waals surface area (Å²) in [6, 6.07) is 1.30. The van der Waals surface area contributed by atoms with E-state index < -0.39 is 37.5 Å². The Labute approximate surface area is 155 Å². The predicted octanol–water partition coefficient (Wildman–Crippen LogP) is 2.23. The summed E-state index contributed by atoms with van der Waals surface area (Å²) >= 11 is 0. The second-order valence-electron chi connectivity index (χ2n) is 8.73. The fourth-order valence-electron chi connectivity index (χ4n) is 3.18. The Kier molecular flexibility index (Phi) is 5.73. The molecule has 0 amide bonds. The van der Waals surface area contributed by atoms with Gasteiger partial charge in [-0.3, -0.25) is 14.3 Å². The van der Waals surface area contributed by atoms with Gasteiger partial charge >= 0.3 is 5.69 Å². The van der Waals surface area contributed by atoms with Crippen molar-refractivity contribution in [1.82, 2.24) is 9.55 Å². The molecule has 0 unspecified atom stereocenters. The molecule has 1 aliphatic rings. The minimum Gasteiger partial charge on any atom is -0.409 e. The van der Waals surface area contributed by atoms with Gasteiger partial charge in [0.2, 0.25) is 0 Å². The molecule has 2 rings (SSSR count). The Balaban J connectivity index is 2.52. The van der Waals surface area contributed by atoms with Crippen LogP contribution < -0.4 is 11.2 Å². The van der Waals surface area contributed by atoms with Gasteiger partial charge in [-0.25, -0.2) is 4.79 Å². The lowest BCUT2D eigenvalue weighted by atomic mass is 9.85. The molecule has 1 aromatic heterocycles. The molecule has 4 atom stereocenters. The zero-order chi connectivity index (χ0) is 19.9. The first-order chi connectivity index (χ1) is 11.9. The summed E-state index contributed by atoms with van der Waals surface area (Å²) in [4.78, 5) is 26.1. The van der Waals surface area contributed by atoms with E-state index in [-0.39, 0.29) is 17.6 Å². The Hall–Kier alpha value is -1.22. The zero-order valence-corrected chi connectivity index (χ0v) is 17.8. The van der Waals surface area contributed by atoms with Crippen LogP contribution in [0.25, 0.3) is 0 Å². The molecule has 0 saturated carbocycles. The molecule has 8 heteroatoms. The van der Waals surface area contributed by atoms with Crippen LogP contribution in [0.3, 0.4) is 0 Å². The van der Waals surface area contributed by atoms with Gasteiger partial charge in [-0.2, -0.15) is 0 Å². The molecule has 1 saturated heterocycles. The van der Waals surface area contributed by atoms with Gasteiger partial charge in [-0.15, -0.1) is 0 Å². The summed E-state index contributed by atoms with van der Waals surface area (Å²) in [5, 5.41) is 10.0. The third-order valence-corrected chi connectivity index (χ3v) is 10.7. The first-order valence-electron chi connectivity index (χ1n) is 9.16. The summed E-state index contributed by atoms with van der Waals surface area (Å²) in [5.41, 5.74) is -1.78. The summed E-state index contributed by atoms with van der Waals surface area (Å²) in [7, 11) is -2.15. The van der Waals surface area contributed by atoms with Crippen LogP contribution in [-0.2, 0) is 9.16 Å². The molecule has 0 aliphatic carbocycles. The normalized spacial score (nSPS) is 29.9. The van der Waals surface area contributed by atoms with Crippen LogP contribution in [-0.4, -0.2) is 41.3 Å². The molecule has 26 heavy (non-hydrogen) atoms. The molecule has 0 spiro atoms. The van der Waals surface area contributed by atoms with Gasteiger partial charge < -0.3 is 14.3 Å². The number of hydrogen-bond acceptors (Lipinski definition) is 5. The number of nitrogens with one attached hydrogen (secondary N) is 1. The van der Waals surface area contributed by atoms with Crippen LogP contribution in [0.1, 0.15) is 47.3 Å². The number of aliphatic hydroxyl groups is 1. The highest BCUT2D eigenvalue weighted by molar-refractivity contribution is 6.74. The number of hydrogen-bond donors (Lipinski definition) is 2. The number of ether oxygens (including phenoxy) is 1. The van der Waals surface area contributed by atoms with E-state index in [0.29, 0.717) is 6.42 Å². The van der Waals surface area contributed by atoms with Crippen molar-refractivity contribution in [2.45, 2.75) is 77.1 Å². The van der Waals surface area contributed by atoms with E-state index in [9.17, 15) is 14.7 Å². The number of rotatable bonds is 5. The largest absolute Gasteiger partial charge is 0.409 e. The molecule has 1 fully saturated rings. The number of nitrogens with zero attached hydrogens (tertiary/aromatic N) is 1. The van der Waals surface area contributed by atoms with E-state index in [1.807, 2.05) is 13.8 Å². The molecule has 148 valence electrons. The molecule has 2 heterocycles. The Bertz CT molecular complexity index is 745. The minimum atomic E-state index is -2.15. The van der Waals surface area contributed by atoms with Crippen molar-refractivity contribution in [2.75, 3.05) is 6.61 Å². The number of aromatic amines is 1. The van der Waals surface area contributed by atoms with Crippen LogP contribution >= 0.6 is 0 Å². The Morgan fingerprint density at radius 1 is 1.38 bits per heavy atom. The number of aromatic nitrogens is 2. The van der Waals surface area contributed by atoms with E-state index in [2.05, 4.69) is 38.8 Å². The van der Waals surface area contributed by atoms with Crippen LogP contribution in [0, 0.1) is 5.92 Å². The maximum Gasteiger partial charge on any atom is 0.330 e. The lowest BCUT2D eigenvalue weighted by molar-refractivity contribution is -0.117. The molecule has 0 radical (unpaired) electrons. The highest BCUT2D eigenvalue weighted by Crippen LogP contribution is 2.48. The summed E-state index contributed by atoms with van der Waals surface area (Å²) in [6.45, 7) is 14.5. The lowest BCUT2D eigenvalue weighted by Crippen LogP contribution is -2.48. The van der Waals surface area contributed by atoms with Gasteiger partial charge in [0.15, 0.2) is 14.5 Å². The van der Waals surface area contributed by atoms with Crippen molar-refractivity contribution in [3.8, 4) is 0 Å². The molecule has 0 bridgehead atoms. The lowest BCUT2D eigenvalue weighted by Gasteiger charge is -2.40. The first-order valence-corrected chi connectivity index (χ1v) is 12.1. The fraction of sp³-hybridized carbons (Fsp3) is 0.778. The molecule has 0 aromatic carbocycles.